The average Bonchev–Trinajstić information content (AvgIpc) is 3.26. The summed E-state index contributed by atoms with van der Waals surface area (Å²) >= 11 is 0. The van der Waals surface area contributed by atoms with Crippen molar-refractivity contribution >= 4 is 17.4 Å². The van der Waals surface area contributed by atoms with Crippen molar-refractivity contribution in [3.05, 3.63) is 84.2 Å². The number of anilines is 2. The van der Waals surface area contributed by atoms with Crippen molar-refractivity contribution in [1.82, 2.24) is 14.8 Å². The number of methoxy groups -OCH3 is 1. The minimum atomic E-state index is -0.905. The third-order valence-corrected chi connectivity index (χ3v) is 4.72. The van der Waals surface area contributed by atoms with Gasteiger partial charge >= 0.3 is 12.0 Å². The summed E-state index contributed by atoms with van der Waals surface area (Å²) in [6.07, 6.45) is 0. The van der Waals surface area contributed by atoms with Gasteiger partial charge in [-0.2, -0.15) is 4.98 Å². The predicted molar refractivity (Wildman–Crippen MR) is 123 cm³/mol. The Hall–Kier alpha value is -4.38. The van der Waals surface area contributed by atoms with Gasteiger partial charge < -0.3 is 20.1 Å². The molecule has 2 amide bonds. The second kappa shape index (κ2) is 10.7. The van der Waals surface area contributed by atoms with E-state index in [4.69, 9.17) is 9.47 Å². The summed E-state index contributed by atoms with van der Waals surface area (Å²) in [6.45, 7) is 0.540. The number of carbonyl (C=O) groups is 1. The van der Waals surface area contributed by atoms with E-state index in [-0.39, 0.29) is 18.3 Å². The average molecular weight is 483 g/mol. The van der Waals surface area contributed by atoms with Gasteiger partial charge in [0, 0.05) is 24.4 Å². The zero-order valence-electron chi connectivity index (χ0n) is 18.5. The number of hydrogen-bond donors (Lipinski definition) is 2. The Labute approximate surface area is 198 Å². The summed E-state index contributed by atoms with van der Waals surface area (Å²) in [6, 6.07) is 14.6. The van der Waals surface area contributed by atoms with Gasteiger partial charge in [-0.05, 0) is 42.5 Å². The van der Waals surface area contributed by atoms with Gasteiger partial charge in [0.1, 0.15) is 24.1 Å². The first-order valence-corrected chi connectivity index (χ1v) is 10.4. The highest BCUT2D eigenvalue weighted by Gasteiger charge is 2.16. The summed E-state index contributed by atoms with van der Waals surface area (Å²) in [5.41, 5.74) is 1.12. The lowest BCUT2D eigenvalue weighted by Gasteiger charge is -2.11. The highest BCUT2D eigenvalue weighted by Crippen LogP contribution is 2.26. The molecule has 4 rings (SSSR count). The molecule has 0 aliphatic rings. The maximum Gasteiger partial charge on any atom is 0.336 e. The Bertz CT molecular complexity index is 1350. The van der Waals surface area contributed by atoms with E-state index < -0.39 is 23.5 Å². The second-order valence-corrected chi connectivity index (χ2v) is 7.24. The quantitative estimate of drug-likeness (QED) is 0.344. The Morgan fingerprint density at radius 3 is 2.51 bits per heavy atom. The summed E-state index contributed by atoms with van der Waals surface area (Å²) in [4.78, 5) is 16.7. The molecule has 0 atom stereocenters. The first-order valence-electron chi connectivity index (χ1n) is 10.4. The van der Waals surface area contributed by atoms with Gasteiger partial charge in [-0.3, -0.25) is 0 Å². The molecular formula is C24H20F3N5O3. The minimum absolute atomic E-state index is 0.0594. The molecule has 11 heteroatoms. The van der Waals surface area contributed by atoms with E-state index in [0.29, 0.717) is 35.4 Å². The lowest BCUT2D eigenvalue weighted by atomic mass is 10.2. The summed E-state index contributed by atoms with van der Waals surface area (Å²) in [5, 5.41) is 9.26. The number of ether oxygens (including phenoxy) is 2. The first-order chi connectivity index (χ1) is 16.9. The van der Waals surface area contributed by atoms with Gasteiger partial charge in [-0.1, -0.05) is 18.2 Å². The Kier molecular flexibility index (Phi) is 7.27. The van der Waals surface area contributed by atoms with E-state index in [2.05, 4.69) is 20.7 Å². The predicted octanol–water partition coefficient (Wildman–Crippen LogP) is 5.02. The van der Waals surface area contributed by atoms with Gasteiger partial charge in [0.05, 0.1) is 18.0 Å². The Morgan fingerprint density at radius 1 is 0.943 bits per heavy atom. The largest absolute Gasteiger partial charge is 0.460 e. The monoisotopic (exact) mass is 483 g/mol. The number of halogens is 3. The van der Waals surface area contributed by atoms with E-state index in [9.17, 15) is 18.0 Å². The number of urea groups is 1. The Balaban J connectivity index is 1.60. The van der Waals surface area contributed by atoms with Crippen LogP contribution in [-0.4, -0.2) is 41.1 Å². The molecule has 0 saturated heterocycles. The van der Waals surface area contributed by atoms with E-state index in [0.717, 1.165) is 12.1 Å². The normalized spacial score (nSPS) is 10.7. The molecule has 1 heterocycles. The molecule has 180 valence electrons. The fourth-order valence-corrected chi connectivity index (χ4v) is 3.16. The van der Waals surface area contributed by atoms with Gasteiger partial charge in [0.25, 0.3) is 0 Å². The summed E-state index contributed by atoms with van der Waals surface area (Å²) in [7, 11) is 1.53. The zero-order chi connectivity index (χ0) is 24.8. The van der Waals surface area contributed by atoms with Crippen LogP contribution < -0.4 is 15.4 Å². The zero-order valence-corrected chi connectivity index (χ0v) is 18.5. The van der Waals surface area contributed by atoms with Gasteiger partial charge in [0.2, 0.25) is 0 Å². The smallest absolute Gasteiger partial charge is 0.336 e. The van der Waals surface area contributed by atoms with E-state index in [1.54, 1.807) is 36.4 Å². The third kappa shape index (κ3) is 5.95. The van der Waals surface area contributed by atoms with E-state index in [1.807, 2.05) is 0 Å². The Morgan fingerprint density at radius 2 is 1.74 bits per heavy atom. The lowest BCUT2D eigenvalue weighted by Crippen LogP contribution is -2.20. The number of rotatable bonds is 8. The molecule has 3 aromatic carbocycles. The van der Waals surface area contributed by atoms with Crippen molar-refractivity contribution < 1.29 is 27.4 Å². The van der Waals surface area contributed by atoms with Gasteiger partial charge in [-0.25, -0.2) is 22.6 Å². The molecule has 0 fully saturated rings. The van der Waals surface area contributed by atoms with Crippen molar-refractivity contribution in [2.45, 2.75) is 0 Å². The molecule has 0 bridgehead atoms. The van der Waals surface area contributed by atoms with E-state index >= 15 is 0 Å². The number of amides is 2. The van der Waals surface area contributed by atoms with Gasteiger partial charge in [0.15, 0.2) is 5.82 Å². The maximum absolute atomic E-state index is 13.9. The SMILES string of the molecule is COCCOc1nc(-c2cccc(F)c2)n(-c2cccc(NC(=O)Nc3ccc(F)cc3F)c2)n1. The topological polar surface area (TPSA) is 90.3 Å². The molecule has 8 nitrogen and oxygen atoms in total. The molecule has 0 radical (unpaired) electrons. The van der Waals surface area contributed by atoms with Crippen LogP contribution >= 0.6 is 0 Å². The van der Waals surface area contributed by atoms with Crippen molar-refractivity contribution in [2.24, 2.45) is 0 Å². The summed E-state index contributed by atoms with van der Waals surface area (Å²) < 4.78 is 52.7. The van der Waals surface area contributed by atoms with Crippen molar-refractivity contribution in [1.29, 1.82) is 0 Å². The van der Waals surface area contributed by atoms with Crippen molar-refractivity contribution in [3.63, 3.8) is 0 Å². The molecule has 0 aliphatic heterocycles. The maximum atomic E-state index is 13.9. The molecule has 2 N–H and O–H groups in total. The third-order valence-electron chi connectivity index (χ3n) is 4.72. The standard InChI is InChI=1S/C24H20F3N5O3/c1-34-10-11-35-24-30-22(15-4-2-5-16(25)12-15)32(31-24)19-7-3-6-18(14-19)28-23(33)29-21-9-8-17(26)13-20(21)27/h2-9,12-14H,10-11H2,1H3,(H2,28,29,33). The molecule has 0 spiro atoms. The molecule has 0 saturated carbocycles. The fourth-order valence-electron chi connectivity index (χ4n) is 3.16. The second-order valence-electron chi connectivity index (χ2n) is 7.24. The molecule has 0 unspecified atom stereocenters. The lowest BCUT2D eigenvalue weighted by molar-refractivity contribution is 0.141. The van der Waals surface area contributed by atoms with Crippen LogP contribution in [0.2, 0.25) is 0 Å². The first kappa shape index (κ1) is 23.8. The number of carbonyl (C=O) groups excluding carboxylic acids is 1. The highest BCUT2D eigenvalue weighted by atomic mass is 19.1. The van der Waals surface area contributed by atoms with Crippen LogP contribution in [0.25, 0.3) is 17.1 Å². The van der Waals surface area contributed by atoms with E-state index in [1.165, 1.54) is 23.9 Å². The summed E-state index contributed by atoms with van der Waals surface area (Å²) in [5.74, 6) is -1.79. The fraction of sp³-hybridized carbons (Fsp3) is 0.125. The van der Waals surface area contributed by atoms with Crippen LogP contribution in [0, 0.1) is 17.5 Å². The molecule has 4 aromatic rings. The molecular weight excluding hydrogens is 463 g/mol. The van der Waals surface area contributed by atoms with Crippen LogP contribution in [0.1, 0.15) is 0 Å². The number of hydrogen-bond acceptors (Lipinski definition) is 5. The van der Waals surface area contributed by atoms with Crippen LogP contribution in [0.3, 0.4) is 0 Å². The highest BCUT2D eigenvalue weighted by molar-refractivity contribution is 6.00. The molecule has 35 heavy (non-hydrogen) atoms. The molecule has 1 aromatic heterocycles. The number of aromatic nitrogens is 3. The van der Waals surface area contributed by atoms with Crippen molar-refractivity contribution in [2.75, 3.05) is 31.0 Å². The van der Waals surface area contributed by atoms with Gasteiger partial charge in [-0.15, -0.1) is 5.10 Å². The number of nitrogens with zero attached hydrogens (tertiary/aromatic N) is 3. The number of benzene rings is 3. The van der Waals surface area contributed by atoms with Crippen LogP contribution in [0.4, 0.5) is 29.3 Å². The minimum Gasteiger partial charge on any atom is -0.460 e. The number of nitrogens with one attached hydrogen (secondary N) is 2. The van der Waals surface area contributed by atoms with Crippen LogP contribution in [0.5, 0.6) is 6.01 Å². The van der Waals surface area contributed by atoms with Crippen LogP contribution in [-0.2, 0) is 4.74 Å². The molecule has 0 aliphatic carbocycles. The van der Waals surface area contributed by atoms with Crippen molar-refractivity contribution in [3.8, 4) is 23.1 Å². The van der Waals surface area contributed by atoms with Crippen LogP contribution in [0.15, 0.2) is 66.7 Å².